The van der Waals surface area contributed by atoms with E-state index < -0.39 is 0 Å². The van der Waals surface area contributed by atoms with E-state index in [1.54, 1.807) is 43.5 Å². The molecule has 0 bridgehead atoms. The summed E-state index contributed by atoms with van der Waals surface area (Å²) in [6, 6.07) is 11.6. The molecule has 2 rings (SSSR count). The summed E-state index contributed by atoms with van der Waals surface area (Å²) in [6.07, 6.45) is 0.850. The molecule has 2 aromatic carbocycles. The first-order valence-electron chi connectivity index (χ1n) is 7.80. The van der Waals surface area contributed by atoms with Crippen molar-refractivity contribution in [1.29, 1.82) is 0 Å². The van der Waals surface area contributed by atoms with Crippen LogP contribution >= 0.6 is 0 Å². The van der Waals surface area contributed by atoms with Crippen molar-refractivity contribution >= 4 is 5.91 Å². The van der Waals surface area contributed by atoms with Crippen molar-refractivity contribution in [2.45, 2.75) is 19.4 Å². The van der Waals surface area contributed by atoms with Crippen LogP contribution in [0, 0.1) is 5.82 Å². The molecule has 0 fully saturated rings. The summed E-state index contributed by atoms with van der Waals surface area (Å²) in [5.41, 5.74) is 1.72. The number of benzene rings is 2. The van der Waals surface area contributed by atoms with Gasteiger partial charge >= 0.3 is 0 Å². The molecular formula is C19H22FNO3. The highest BCUT2D eigenvalue weighted by atomic mass is 19.1. The Bertz CT molecular complexity index is 686. The Morgan fingerprint density at radius 1 is 1.17 bits per heavy atom. The van der Waals surface area contributed by atoms with Crippen molar-refractivity contribution in [3.63, 3.8) is 0 Å². The van der Waals surface area contributed by atoms with Gasteiger partial charge in [0.15, 0.2) is 0 Å². The summed E-state index contributed by atoms with van der Waals surface area (Å²) in [5.74, 6) is -0.0438. The lowest BCUT2D eigenvalue weighted by Gasteiger charge is -2.10. The third kappa shape index (κ3) is 4.55. The lowest BCUT2D eigenvalue weighted by atomic mass is 10.0. The quantitative estimate of drug-likeness (QED) is 0.842. The zero-order chi connectivity index (χ0) is 17.5. The number of hydrogen-bond acceptors (Lipinski definition) is 3. The number of methoxy groups -OCH3 is 2. The summed E-state index contributed by atoms with van der Waals surface area (Å²) >= 11 is 0. The zero-order valence-electron chi connectivity index (χ0n) is 14.1. The van der Waals surface area contributed by atoms with Gasteiger partial charge in [-0.25, -0.2) is 4.39 Å². The highest BCUT2D eigenvalue weighted by Gasteiger charge is 2.09. The van der Waals surface area contributed by atoms with Gasteiger partial charge < -0.3 is 14.8 Å². The molecule has 128 valence electrons. The van der Waals surface area contributed by atoms with Crippen molar-refractivity contribution in [2.75, 3.05) is 20.8 Å². The maximum Gasteiger partial charge on any atom is 0.251 e. The second kappa shape index (κ2) is 8.45. The molecule has 0 unspecified atom stereocenters. The Kier molecular flexibility index (Phi) is 6.32. The predicted molar refractivity (Wildman–Crippen MR) is 91.8 cm³/mol. The van der Waals surface area contributed by atoms with Crippen molar-refractivity contribution in [3.8, 4) is 16.9 Å². The number of hydrogen-bond donors (Lipinski definition) is 1. The van der Waals surface area contributed by atoms with Crippen LogP contribution < -0.4 is 10.1 Å². The van der Waals surface area contributed by atoms with Gasteiger partial charge in [-0.1, -0.05) is 12.1 Å². The maximum atomic E-state index is 14.1. The summed E-state index contributed by atoms with van der Waals surface area (Å²) < 4.78 is 24.2. The van der Waals surface area contributed by atoms with Crippen molar-refractivity contribution in [2.24, 2.45) is 0 Å². The fourth-order valence-corrected chi connectivity index (χ4v) is 2.27. The number of ether oxygens (including phenoxy) is 2. The van der Waals surface area contributed by atoms with Gasteiger partial charge in [-0.3, -0.25) is 4.79 Å². The third-order valence-corrected chi connectivity index (χ3v) is 3.87. The minimum Gasteiger partial charge on any atom is -0.497 e. The highest BCUT2D eigenvalue weighted by molar-refractivity contribution is 5.94. The van der Waals surface area contributed by atoms with E-state index in [9.17, 15) is 9.18 Å². The summed E-state index contributed by atoms with van der Waals surface area (Å²) in [7, 11) is 3.14. The molecule has 0 heterocycles. The van der Waals surface area contributed by atoms with Gasteiger partial charge in [0.25, 0.3) is 5.91 Å². The van der Waals surface area contributed by atoms with Crippen LogP contribution in [0.3, 0.4) is 0 Å². The monoisotopic (exact) mass is 331 g/mol. The number of carbonyl (C=O) groups excluding carboxylic acids is 1. The number of amides is 1. The molecule has 0 aliphatic carbocycles. The molecule has 1 N–H and O–H groups in total. The Morgan fingerprint density at radius 3 is 2.46 bits per heavy atom. The van der Waals surface area contributed by atoms with E-state index in [2.05, 4.69) is 5.32 Å². The molecule has 0 aliphatic heterocycles. The van der Waals surface area contributed by atoms with Gasteiger partial charge in [-0.15, -0.1) is 0 Å². The average Bonchev–Trinajstić information content (AvgIpc) is 2.61. The van der Waals surface area contributed by atoms with E-state index in [1.165, 1.54) is 13.2 Å². The lowest BCUT2D eigenvalue weighted by Crippen LogP contribution is -2.26. The number of carbonyl (C=O) groups is 1. The first kappa shape index (κ1) is 17.9. The van der Waals surface area contributed by atoms with E-state index >= 15 is 0 Å². The van der Waals surface area contributed by atoms with Crippen LogP contribution in [0.25, 0.3) is 11.1 Å². The van der Waals surface area contributed by atoms with Crippen LogP contribution in [0.15, 0.2) is 42.5 Å². The number of halogens is 1. The average molecular weight is 331 g/mol. The highest BCUT2D eigenvalue weighted by Crippen LogP contribution is 2.26. The van der Waals surface area contributed by atoms with Crippen LogP contribution in [0.4, 0.5) is 4.39 Å². The summed E-state index contributed by atoms with van der Waals surface area (Å²) in [6.45, 7) is 2.49. The smallest absolute Gasteiger partial charge is 0.251 e. The van der Waals surface area contributed by atoms with Crippen molar-refractivity contribution in [1.82, 2.24) is 5.32 Å². The molecule has 1 atom stereocenters. The number of rotatable bonds is 7. The Balaban J connectivity index is 2.03. The van der Waals surface area contributed by atoms with Gasteiger partial charge in [0.05, 0.1) is 13.2 Å². The number of nitrogens with one attached hydrogen (secondary N) is 1. The van der Waals surface area contributed by atoms with E-state index in [-0.39, 0.29) is 17.8 Å². The lowest BCUT2D eigenvalue weighted by molar-refractivity contribution is 0.0918. The minimum absolute atomic E-state index is 0.103. The molecule has 24 heavy (non-hydrogen) atoms. The van der Waals surface area contributed by atoms with Gasteiger partial charge in [0.1, 0.15) is 11.6 Å². The predicted octanol–water partition coefficient (Wildman–Crippen LogP) is 3.66. The van der Waals surface area contributed by atoms with Crippen LogP contribution in [-0.4, -0.2) is 32.8 Å². The molecule has 0 saturated heterocycles. The van der Waals surface area contributed by atoms with E-state index in [0.29, 0.717) is 29.0 Å². The van der Waals surface area contributed by atoms with Crippen LogP contribution in [-0.2, 0) is 4.74 Å². The van der Waals surface area contributed by atoms with Gasteiger partial charge in [-0.05, 0) is 43.2 Å². The summed E-state index contributed by atoms with van der Waals surface area (Å²) in [4.78, 5) is 12.1. The van der Waals surface area contributed by atoms with E-state index in [0.717, 1.165) is 6.42 Å². The van der Waals surface area contributed by atoms with Crippen LogP contribution in [0.2, 0.25) is 0 Å². The SMILES string of the molecule is COc1ccc(-c2ccc(C(=O)NCC[C@@H](C)OC)cc2)c(F)c1. The molecule has 0 spiro atoms. The molecular weight excluding hydrogens is 309 g/mol. The largest absolute Gasteiger partial charge is 0.497 e. The second-order valence-electron chi connectivity index (χ2n) is 5.51. The summed E-state index contributed by atoms with van der Waals surface area (Å²) in [5, 5.41) is 2.84. The van der Waals surface area contributed by atoms with Crippen LogP contribution in [0.1, 0.15) is 23.7 Å². The maximum absolute atomic E-state index is 14.1. The van der Waals surface area contributed by atoms with Gasteiger partial charge in [0.2, 0.25) is 0 Å². The standard InChI is InChI=1S/C19H22FNO3/c1-13(23-2)10-11-21-19(22)15-6-4-14(5-7-15)17-9-8-16(24-3)12-18(17)20/h4-9,12-13H,10-11H2,1-3H3,(H,21,22)/t13-/m1/s1. The van der Waals surface area contributed by atoms with Crippen molar-refractivity contribution < 1.29 is 18.7 Å². The van der Waals surface area contributed by atoms with Gasteiger partial charge in [-0.2, -0.15) is 0 Å². The van der Waals surface area contributed by atoms with Crippen LogP contribution in [0.5, 0.6) is 5.75 Å². The fourth-order valence-electron chi connectivity index (χ4n) is 2.27. The third-order valence-electron chi connectivity index (χ3n) is 3.87. The van der Waals surface area contributed by atoms with E-state index in [1.807, 2.05) is 6.92 Å². The second-order valence-corrected chi connectivity index (χ2v) is 5.51. The molecule has 0 saturated carbocycles. The zero-order valence-corrected chi connectivity index (χ0v) is 14.1. The molecule has 1 amide bonds. The topological polar surface area (TPSA) is 47.6 Å². The normalized spacial score (nSPS) is 11.8. The first-order chi connectivity index (χ1) is 11.5. The molecule has 2 aromatic rings. The van der Waals surface area contributed by atoms with E-state index in [4.69, 9.17) is 9.47 Å². The Morgan fingerprint density at radius 2 is 1.88 bits per heavy atom. The van der Waals surface area contributed by atoms with Crippen molar-refractivity contribution in [3.05, 3.63) is 53.8 Å². The first-order valence-corrected chi connectivity index (χ1v) is 7.80. The molecule has 0 radical (unpaired) electrons. The Hall–Kier alpha value is -2.40. The minimum atomic E-state index is -0.361. The fraction of sp³-hybridized carbons (Fsp3) is 0.316. The Labute approximate surface area is 141 Å². The molecule has 4 nitrogen and oxygen atoms in total. The van der Waals surface area contributed by atoms with Gasteiger partial charge in [0, 0.05) is 30.8 Å². The molecule has 0 aromatic heterocycles. The molecule has 5 heteroatoms. The molecule has 0 aliphatic rings.